The number of nitrogens with zero attached hydrogens (tertiary/aromatic N) is 4. The minimum absolute atomic E-state index is 0.151. The Morgan fingerprint density at radius 1 is 1.37 bits per heavy atom. The molecule has 0 radical (unpaired) electrons. The van der Waals surface area contributed by atoms with E-state index in [4.69, 9.17) is 5.73 Å². The first-order valence-corrected chi connectivity index (χ1v) is 6.29. The fourth-order valence-corrected chi connectivity index (χ4v) is 1.98. The van der Waals surface area contributed by atoms with Crippen LogP contribution in [-0.4, -0.2) is 19.3 Å². The summed E-state index contributed by atoms with van der Waals surface area (Å²) in [5.74, 6) is 0.680. The van der Waals surface area contributed by atoms with Crippen molar-refractivity contribution in [1.82, 2.24) is 19.3 Å². The second-order valence-corrected chi connectivity index (χ2v) is 5.10. The molecule has 0 spiro atoms. The first-order chi connectivity index (χ1) is 8.91. The zero-order valence-electron chi connectivity index (χ0n) is 11.7. The Balaban J connectivity index is 2.57. The molecule has 0 aromatic carbocycles. The highest BCUT2D eigenvalue weighted by Gasteiger charge is 2.15. The molecule has 102 valence electrons. The van der Waals surface area contributed by atoms with Gasteiger partial charge in [0.25, 0.3) is 5.56 Å². The van der Waals surface area contributed by atoms with E-state index in [1.54, 1.807) is 17.0 Å². The van der Waals surface area contributed by atoms with E-state index in [0.717, 1.165) is 5.69 Å². The third kappa shape index (κ3) is 2.38. The number of aryl methyl sites for hydroxylation is 1. The van der Waals surface area contributed by atoms with Gasteiger partial charge in [0.15, 0.2) is 0 Å². The van der Waals surface area contributed by atoms with Crippen molar-refractivity contribution in [2.45, 2.75) is 34.2 Å². The molecule has 0 aliphatic rings. The van der Waals surface area contributed by atoms with Gasteiger partial charge < -0.3 is 10.3 Å². The first-order valence-electron chi connectivity index (χ1n) is 6.29. The van der Waals surface area contributed by atoms with Crippen LogP contribution in [-0.2, 0) is 6.54 Å². The second-order valence-electron chi connectivity index (χ2n) is 5.10. The lowest BCUT2D eigenvalue weighted by molar-refractivity contribution is 0.506. The average Bonchev–Trinajstić information content (AvgIpc) is 2.59. The number of rotatable bonds is 3. The first kappa shape index (κ1) is 13.3. The van der Waals surface area contributed by atoms with Gasteiger partial charge >= 0.3 is 0 Å². The molecule has 0 bridgehead atoms. The number of aromatic nitrogens is 4. The normalized spacial score (nSPS) is 11.2. The predicted molar refractivity (Wildman–Crippen MR) is 74.3 cm³/mol. The Labute approximate surface area is 111 Å². The van der Waals surface area contributed by atoms with E-state index in [0.29, 0.717) is 29.7 Å². The molecule has 2 aromatic heterocycles. The highest BCUT2D eigenvalue weighted by molar-refractivity contribution is 5.49. The largest absolute Gasteiger partial charge is 0.396 e. The van der Waals surface area contributed by atoms with Gasteiger partial charge in [0, 0.05) is 18.9 Å². The van der Waals surface area contributed by atoms with Gasteiger partial charge in [-0.2, -0.15) is 5.10 Å². The molecule has 0 amide bonds. The maximum atomic E-state index is 12.4. The van der Waals surface area contributed by atoms with Crippen LogP contribution in [0.15, 0.2) is 17.2 Å². The van der Waals surface area contributed by atoms with Crippen LogP contribution < -0.4 is 11.3 Å². The van der Waals surface area contributed by atoms with Gasteiger partial charge in [0.05, 0.1) is 17.1 Å². The zero-order valence-corrected chi connectivity index (χ0v) is 11.7. The average molecular weight is 261 g/mol. The number of anilines is 1. The Hall–Kier alpha value is -2.11. The molecule has 0 unspecified atom stereocenters. The molecule has 6 heteroatoms. The highest BCUT2D eigenvalue weighted by Crippen LogP contribution is 2.16. The van der Waals surface area contributed by atoms with Gasteiger partial charge in [0.2, 0.25) is 5.82 Å². The van der Waals surface area contributed by atoms with Gasteiger partial charge in [0.1, 0.15) is 0 Å². The van der Waals surface area contributed by atoms with Gasteiger partial charge in [-0.05, 0) is 19.8 Å². The van der Waals surface area contributed by atoms with E-state index >= 15 is 0 Å². The summed E-state index contributed by atoms with van der Waals surface area (Å²) in [5, 5.41) is 4.28. The van der Waals surface area contributed by atoms with Crippen LogP contribution >= 0.6 is 0 Å². The summed E-state index contributed by atoms with van der Waals surface area (Å²) in [6, 6.07) is 0. The monoisotopic (exact) mass is 261 g/mol. The minimum atomic E-state index is -0.151. The SMILES string of the molecule is Cc1nn(-c2nccn(CC(C)C)c2=O)c(C)c1N. The van der Waals surface area contributed by atoms with Crippen LogP contribution in [0.5, 0.6) is 0 Å². The van der Waals surface area contributed by atoms with Gasteiger partial charge in [-0.25, -0.2) is 9.67 Å². The lowest BCUT2D eigenvalue weighted by atomic mass is 10.2. The Morgan fingerprint density at radius 3 is 2.58 bits per heavy atom. The molecule has 0 fully saturated rings. The fraction of sp³-hybridized carbons (Fsp3) is 0.462. The maximum Gasteiger partial charge on any atom is 0.295 e. The van der Waals surface area contributed by atoms with Crippen molar-refractivity contribution in [2.24, 2.45) is 5.92 Å². The van der Waals surface area contributed by atoms with Crippen molar-refractivity contribution in [3.05, 3.63) is 34.1 Å². The van der Waals surface area contributed by atoms with E-state index in [9.17, 15) is 4.79 Å². The number of nitrogen functional groups attached to an aromatic ring is 1. The summed E-state index contributed by atoms with van der Waals surface area (Å²) in [7, 11) is 0. The molecule has 0 aliphatic heterocycles. The second kappa shape index (κ2) is 4.87. The number of nitrogens with two attached hydrogens (primary N) is 1. The standard InChI is InChI=1S/C13H19N5O/c1-8(2)7-17-6-5-15-12(13(17)19)18-10(4)11(14)9(3)16-18/h5-6,8H,7,14H2,1-4H3. The Morgan fingerprint density at radius 2 is 2.05 bits per heavy atom. The van der Waals surface area contributed by atoms with Gasteiger partial charge in [-0.15, -0.1) is 0 Å². The molecule has 0 atom stereocenters. The van der Waals surface area contributed by atoms with Crippen molar-refractivity contribution < 1.29 is 0 Å². The lowest BCUT2D eigenvalue weighted by Gasteiger charge is -2.10. The van der Waals surface area contributed by atoms with Crippen LogP contribution in [0.3, 0.4) is 0 Å². The third-order valence-electron chi connectivity index (χ3n) is 3.01. The zero-order chi connectivity index (χ0) is 14.2. The molecule has 6 nitrogen and oxygen atoms in total. The van der Waals surface area contributed by atoms with Crippen molar-refractivity contribution in [1.29, 1.82) is 0 Å². The van der Waals surface area contributed by atoms with Gasteiger partial charge in [-0.3, -0.25) is 4.79 Å². The molecule has 0 aliphatic carbocycles. The molecule has 2 N–H and O–H groups in total. The van der Waals surface area contributed by atoms with Crippen molar-refractivity contribution >= 4 is 5.69 Å². The quantitative estimate of drug-likeness (QED) is 0.902. The molecular formula is C13H19N5O. The molecule has 0 saturated heterocycles. The van der Waals surface area contributed by atoms with Crippen LogP contribution in [0.1, 0.15) is 25.2 Å². The number of hydrogen-bond acceptors (Lipinski definition) is 4. The highest BCUT2D eigenvalue weighted by atomic mass is 16.1. The third-order valence-corrected chi connectivity index (χ3v) is 3.01. The maximum absolute atomic E-state index is 12.4. The van der Waals surface area contributed by atoms with E-state index in [2.05, 4.69) is 23.9 Å². The van der Waals surface area contributed by atoms with Crippen LogP contribution in [0, 0.1) is 19.8 Å². The van der Waals surface area contributed by atoms with E-state index in [-0.39, 0.29) is 5.56 Å². The molecule has 2 aromatic rings. The molecule has 19 heavy (non-hydrogen) atoms. The molecule has 2 rings (SSSR count). The van der Waals surface area contributed by atoms with Crippen molar-refractivity contribution in [3.8, 4) is 5.82 Å². The van der Waals surface area contributed by atoms with Crippen LogP contribution in [0.2, 0.25) is 0 Å². The summed E-state index contributed by atoms with van der Waals surface area (Å²) in [6.07, 6.45) is 3.31. The molecular weight excluding hydrogens is 242 g/mol. The summed E-state index contributed by atoms with van der Waals surface area (Å²) in [6.45, 7) is 8.43. The predicted octanol–water partition coefficient (Wildman–Crippen LogP) is 1.28. The van der Waals surface area contributed by atoms with E-state index < -0.39 is 0 Å². The minimum Gasteiger partial charge on any atom is -0.396 e. The fourth-order valence-electron chi connectivity index (χ4n) is 1.98. The van der Waals surface area contributed by atoms with Crippen molar-refractivity contribution in [2.75, 3.05) is 5.73 Å². The Kier molecular flexibility index (Phi) is 3.42. The molecule has 0 saturated carbocycles. The summed E-state index contributed by atoms with van der Waals surface area (Å²) < 4.78 is 3.17. The van der Waals surface area contributed by atoms with E-state index in [1.165, 1.54) is 4.68 Å². The van der Waals surface area contributed by atoms with Crippen LogP contribution in [0.4, 0.5) is 5.69 Å². The molecule has 2 heterocycles. The summed E-state index contributed by atoms with van der Waals surface area (Å²) >= 11 is 0. The van der Waals surface area contributed by atoms with Crippen molar-refractivity contribution in [3.63, 3.8) is 0 Å². The smallest absolute Gasteiger partial charge is 0.295 e. The van der Waals surface area contributed by atoms with Crippen LogP contribution in [0.25, 0.3) is 5.82 Å². The summed E-state index contributed by atoms with van der Waals surface area (Å²) in [4.78, 5) is 16.5. The summed E-state index contributed by atoms with van der Waals surface area (Å²) in [5.41, 5.74) is 7.78. The lowest BCUT2D eigenvalue weighted by Crippen LogP contribution is -2.27. The van der Waals surface area contributed by atoms with E-state index in [1.807, 2.05) is 13.8 Å². The Bertz CT molecular complexity index is 654. The number of hydrogen-bond donors (Lipinski definition) is 1. The van der Waals surface area contributed by atoms with Gasteiger partial charge in [-0.1, -0.05) is 13.8 Å². The topological polar surface area (TPSA) is 78.7 Å².